The fourth-order valence-corrected chi connectivity index (χ4v) is 4.34. The Morgan fingerprint density at radius 2 is 1.83 bits per heavy atom. The quantitative estimate of drug-likeness (QED) is 0.667. The molecule has 29 heavy (non-hydrogen) atoms. The topological polar surface area (TPSA) is 112 Å². The zero-order valence-corrected chi connectivity index (χ0v) is 17.6. The Hall–Kier alpha value is -2.50. The molecule has 1 aromatic carbocycles. The highest BCUT2D eigenvalue weighted by atomic mass is 32.2. The molecule has 0 bridgehead atoms. The SMILES string of the molecule is Cc1ccc(S(=O)(=O)N2CCN(CC(=O)NCc3nc(N(C)C)no3)CC2)cc1. The van der Waals surface area contributed by atoms with E-state index in [-0.39, 0.29) is 19.0 Å². The van der Waals surface area contributed by atoms with Crippen LogP contribution in [0.4, 0.5) is 5.95 Å². The number of hydrogen-bond acceptors (Lipinski definition) is 8. The maximum Gasteiger partial charge on any atom is 0.265 e. The molecule has 1 aliphatic heterocycles. The van der Waals surface area contributed by atoms with Crippen molar-refractivity contribution < 1.29 is 17.7 Å². The van der Waals surface area contributed by atoms with E-state index in [1.807, 2.05) is 11.8 Å². The maximum absolute atomic E-state index is 12.7. The minimum absolute atomic E-state index is 0.154. The van der Waals surface area contributed by atoms with E-state index < -0.39 is 10.0 Å². The molecule has 1 aliphatic rings. The number of amides is 1. The fourth-order valence-electron chi connectivity index (χ4n) is 2.92. The predicted octanol–water partition coefficient (Wildman–Crippen LogP) is 0.0667. The van der Waals surface area contributed by atoms with Crippen LogP contribution in [-0.4, -0.2) is 80.5 Å². The third-order valence-corrected chi connectivity index (χ3v) is 6.56. The number of piperazine rings is 1. The molecular weight excluding hydrogens is 396 g/mol. The average molecular weight is 423 g/mol. The van der Waals surface area contributed by atoms with Gasteiger partial charge in [0.15, 0.2) is 0 Å². The molecule has 3 rings (SSSR count). The first kappa shape index (κ1) is 21.2. The number of aromatic nitrogens is 2. The van der Waals surface area contributed by atoms with Gasteiger partial charge in [0.25, 0.3) is 5.95 Å². The maximum atomic E-state index is 12.7. The molecule has 1 fully saturated rings. The molecule has 0 saturated carbocycles. The summed E-state index contributed by atoms with van der Waals surface area (Å²) >= 11 is 0. The van der Waals surface area contributed by atoms with E-state index in [0.29, 0.717) is 42.9 Å². The molecular formula is C18H26N6O4S. The molecule has 1 saturated heterocycles. The van der Waals surface area contributed by atoms with Crippen molar-refractivity contribution in [1.82, 2.24) is 24.7 Å². The summed E-state index contributed by atoms with van der Waals surface area (Å²) in [5, 5.41) is 6.53. The van der Waals surface area contributed by atoms with Gasteiger partial charge < -0.3 is 14.7 Å². The summed E-state index contributed by atoms with van der Waals surface area (Å²) in [6, 6.07) is 6.84. The fraction of sp³-hybridized carbons (Fsp3) is 0.500. The normalized spacial score (nSPS) is 16.0. The second-order valence-electron chi connectivity index (χ2n) is 7.15. The molecule has 11 heteroatoms. The lowest BCUT2D eigenvalue weighted by atomic mass is 10.2. The minimum Gasteiger partial charge on any atom is -0.346 e. The molecule has 10 nitrogen and oxygen atoms in total. The lowest BCUT2D eigenvalue weighted by molar-refractivity contribution is -0.122. The van der Waals surface area contributed by atoms with E-state index >= 15 is 0 Å². The van der Waals surface area contributed by atoms with Crippen LogP contribution in [0.3, 0.4) is 0 Å². The van der Waals surface area contributed by atoms with E-state index in [9.17, 15) is 13.2 Å². The van der Waals surface area contributed by atoms with Gasteiger partial charge in [-0.25, -0.2) is 8.42 Å². The van der Waals surface area contributed by atoms with Crippen molar-refractivity contribution in [3.63, 3.8) is 0 Å². The van der Waals surface area contributed by atoms with Gasteiger partial charge in [-0.05, 0) is 24.2 Å². The summed E-state index contributed by atoms with van der Waals surface area (Å²) in [6.45, 7) is 3.93. The summed E-state index contributed by atoms with van der Waals surface area (Å²) < 4.78 is 32.0. The second-order valence-corrected chi connectivity index (χ2v) is 9.09. The molecule has 0 spiro atoms. The first-order valence-corrected chi connectivity index (χ1v) is 10.8. The van der Waals surface area contributed by atoms with Gasteiger partial charge in [-0.2, -0.15) is 9.29 Å². The Kier molecular flexibility index (Phi) is 6.50. The lowest BCUT2D eigenvalue weighted by Gasteiger charge is -2.33. The van der Waals surface area contributed by atoms with E-state index in [4.69, 9.17) is 4.52 Å². The largest absolute Gasteiger partial charge is 0.346 e. The van der Waals surface area contributed by atoms with Gasteiger partial charge in [-0.1, -0.05) is 17.7 Å². The number of nitrogens with one attached hydrogen (secondary N) is 1. The molecule has 1 N–H and O–H groups in total. The van der Waals surface area contributed by atoms with E-state index in [2.05, 4.69) is 15.5 Å². The van der Waals surface area contributed by atoms with Crippen LogP contribution in [-0.2, 0) is 21.4 Å². The Morgan fingerprint density at radius 1 is 1.17 bits per heavy atom. The molecule has 0 atom stereocenters. The average Bonchev–Trinajstić information content (AvgIpc) is 3.17. The van der Waals surface area contributed by atoms with E-state index in [1.54, 1.807) is 43.3 Å². The van der Waals surface area contributed by atoms with E-state index in [1.165, 1.54) is 4.31 Å². The van der Waals surface area contributed by atoms with Gasteiger partial charge in [-0.15, -0.1) is 0 Å². The lowest BCUT2D eigenvalue weighted by Crippen LogP contribution is -2.50. The van der Waals surface area contributed by atoms with Crippen molar-refractivity contribution in [2.45, 2.75) is 18.4 Å². The van der Waals surface area contributed by atoms with E-state index in [0.717, 1.165) is 5.56 Å². The second kappa shape index (κ2) is 8.89. The number of hydrogen-bond donors (Lipinski definition) is 1. The molecule has 0 aliphatic carbocycles. The van der Waals surface area contributed by atoms with Crippen LogP contribution in [0.5, 0.6) is 0 Å². The monoisotopic (exact) mass is 422 g/mol. The molecule has 1 aromatic heterocycles. The van der Waals surface area contributed by atoms with Crippen LogP contribution in [0.2, 0.25) is 0 Å². The highest BCUT2D eigenvalue weighted by molar-refractivity contribution is 7.89. The highest BCUT2D eigenvalue weighted by Gasteiger charge is 2.29. The van der Waals surface area contributed by atoms with Crippen LogP contribution in [0.15, 0.2) is 33.7 Å². The minimum atomic E-state index is -3.51. The summed E-state index contributed by atoms with van der Waals surface area (Å²) in [7, 11) is 0.0878. The molecule has 1 amide bonds. The highest BCUT2D eigenvalue weighted by Crippen LogP contribution is 2.18. The van der Waals surface area contributed by atoms with Crippen molar-refractivity contribution >= 4 is 21.9 Å². The molecule has 0 radical (unpaired) electrons. The number of rotatable bonds is 7. The van der Waals surface area contributed by atoms with Crippen LogP contribution < -0.4 is 10.2 Å². The van der Waals surface area contributed by atoms with Crippen molar-refractivity contribution in [2.24, 2.45) is 0 Å². The molecule has 0 unspecified atom stereocenters. The summed E-state index contributed by atoms with van der Waals surface area (Å²) in [5.41, 5.74) is 1.01. The van der Waals surface area contributed by atoms with Crippen molar-refractivity contribution in [3.8, 4) is 0 Å². The van der Waals surface area contributed by atoms with Crippen molar-refractivity contribution in [1.29, 1.82) is 0 Å². The number of anilines is 1. The Balaban J connectivity index is 1.46. The number of carbonyl (C=O) groups excluding carboxylic acids is 1. The Labute approximate surface area is 170 Å². The number of carbonyl (C=O) groups is 1. The van der Waals surface area contributed by atoms with Gasteiger partial charge in [0.05, 0.1) is 18.0 Å². The Bertz CT molecular complexity index is 934. The molecule has 2 aromatic rings. The molecule has 158 valence electrons. The number of sulfonamides is 1. The first-order valence-electron chi connectivity index (χ1n) is 9.31. The predicted molar refractivity (Wildman–Crippen MR) is 107 cm³/mol. The summed E-state index contributed by atoms with van der Waals surface area (Å²) in [5.74, 6) is 0.598. The number of benzene rings is 1. The third kappa shape index (κ3) is 5.31. The zero-order valence-electron chi connectivity index (χ0n) is 16.8. The first-order chi connectivity index (χ1) is 13.8. The van der Waals surface area contributed by atoms with Crippen molar-refractivity contribution in [2.75, 3.05) is 51.7 Å². The van der Waals surface area contributed by atoms with Crippen molar-refractivity contribution in [3.05, 3.63) is 35.7 Å². The van der Waals surface area contributed by atoms with Crippen LogP contribution >= 0.6 is 0 Å². The van der Waals surface area contributed by atoms with Crippen LogP contribution in [0, 0.1) is 6.92 Å². The Morgan fingerprint density at radius 3 is 2.41 bits per heavy atom. The third-order valence-electron chi connectivity index (χ3n) is 4.65. The van der Waals surface area contributed by atoms with Gasteiger partial charge in [0, 0.05) is 40.3 Å². The van der Waals surface area contributed by atoms with Gasteiger partial charge in [0.1, 0.15) is 0 Å². The van der Waals surface area contributed by atoms with Gasteiger partial charge >= 0.3 is 0 Å². The van der Waals surface area contributed by atoms with Gasteiger partial charge in [0.2, 0.25) is 21.8 Å². The van der Waals surface area contributed by atoms with Crippen LogP contribution in [0.1, 0.15) is 11.5 Å². The zero-order chi connectivity index (χ0) is 21.0. The summed E-state index contributed by atoms with van der Waals surface area (Å²) in [4.78, 5) is 20.2. The van der Waals surface area contributed by atoms with Crippen LogP contribution in [0.25, 0.3) is 0 Å². The molecule has 2 heterocycles. The number of nitrogens with zero attached hydrogens (tertiary/aromatic N) is 5. The van der Waals surface area contributed by atoms with Gasteiger partial charge in [-0.3, -0.25) is 9.69 Å². The number of aryl methyl sites for hydroxylation is 1. The standard InChI is InChI=1S/C18H26N6O4S/c1-14-4-6-15(7-5-14)29(26,27)24-10-8-23(9-11-24)13-16(25)19-12-17-20-18(21-28-17)22(2)3/h4-7H,8-13H2,1-3H3,(H,19,25). The summed E-state index contributed by atoms with van der Waals surface area (Å²) in [6.07, 6.45) is 0. The smallest absolute Gasteiger partial charge is 0.265 e.